The molecule has 1 aromatic heterocycles. The average Bonchev–Trinajstić information content (AvgIpc) is 2.64. The van der Waals surface area contributed by atoms with Crippen LogP contribution in [-0.4, -0.2) is 28.1 Å². The summed E-state index contributed by atoms with van der Waals surface area (Å²) in [6, 6.07) is 5.36. The van der Waals surface area contributed by atoms with Gasteiger partial charge < -0.3 is 10.8 Å². The van der Waals surface area contributed by atoms with Crippen molar-refractivity contribution in [2.75, 3.05) is 6.61 Å². The zero-order valence-corrected chi connectivity index (χ0v) is 7.55. The maximum Gasteiger partial charge on any atom is 0.135 e. The molecule has 0 aliphatic carbocycles. The SMILES string of the molecule is NC(CO)Cc1ccc2nonc2c1. The third kappa shape index (κ3) is 1.73. The first-order chi connectivity index (χ1) is 6.79. The minimum Gasteiger partial charge on any atom is -0.395 e. The van der Waals surface area contributed by atoms with Crippen LogP contribution in [0, 0.1) is 0 Å². The molecule has 5 heteroatoms. The molecule has 0 bridgehead atoms. The van der Waals surface area contributed by atoms with Crippen molar-refractivity contribution >= 4 is 11.0 Å². The Morgan fingerprint density at radius 1 is 1.36 bits per heavy atom. The van der Waals surface area contributed by atoms with Crippen molar-refractivity contribution in [3.05, 3.63) is 23.8 Å². The molecule has 1 heterocycles. The molecule has 0 spiro atoms. The molecule has 0 saturated heterocycles. The van der Waals surface area contributed by atoms with Crippen LogP contribution in [0.2, 0.25) is 0 Å². The second-order valence-electron chi connectivity index (χ2n) is 3.23. The summed E-state index contributed by atoms with van der Waals surface area (Å²) in [6.07, 6.45) is 0.624. The standard InChI is InChI=1S/C9H11N3O2/c10-7(5-13)3-6-1-2-8-9(4-6)12-14-11-8/h1-2,4,7,13H,3,5,10H2. The van der Waals surface area contributed by atoms with E-state index in [0.717, 1.165) is 11.1 Å². The lowest BCUT2D eigenvalue weighted by molar-refractivity contribution is 0.265. The fraction of sp³-hybridized carbons (Fsp3) is 0.333. The molecule has 0 amide bonds. The molecule has 14 heavy (non-hydrogen) atoms. The number of nitrogens with zero attached hydrogens (tertiary/aromatic N) is 2. The fourth-order valence-corrected chi connectivity index (χ4v) is 1.32. The number of aliphatic hydroxyl groups is 1. The Kier molecular flexibility index (Phi) is 2.43. The summed E-state index contributed by atoms with van der Waals surface area (Å²) in [5.41, 5.74) is 8.08. The van der Waals surface area contributed by atoms with Crippen molar-refractivity contribution in [2.45, 2.75) is 12.5 Å². The van der Waals surface area contributed by atoms with Crippen LogP contribution < -0.4 is 5.73 Å². The highest BCUT2D eigenvalue weighted by Gasteiger charge is 2.05. The van der Waals surface area contributed by atoms with Crippen molar-refractivity contribution in [3.63, 3.8) is 0 Å². The van der Waals surface area contributed by atoms with E-state index in [-0.39, 0.29) is 12.6 Å². The Balaban J connectivity index is 2.25. The lowest BCUT2D eigenvalue weighted by Crippen LogP contribution is -2.26. The van der Waals surface area contributed by atoms with Crippen molar-refractivity contribution in [1.82, 2.24) is 10.3 Å². The minimum absolute atomic E-state index is 0.0187. The van der Waals surface area contributed by atoms with Gasteiger partial charge in [0, 0.05) is 6.04 Å². The highest BCUT2D eigenvalue weighted by molar-refractivity contribution is 5.73. The van der Waals surface area contributed by atoms with Crippen molar-refractivity contribution in [1.29, 1.82) is 0 Å². The van der Waals surface area contributed by atoms with E-state index in [1.165, 1.54) is 0 Å². The van der Waals surface area contributed by atoms with Gasteiger partial charge in [0.15, 0.2) is 0 Å². The average molecular weight is 193 g/mol. The van der Waals surface area contributed by atoms with E-state index in [0.29, 0.717) is 11.9 Å². The maximum atomic E-state index is 8.80. The zero-order valence-electron chi connectivity index (χ0n) is 7.55. The van der Waals surface area contributed by atoms with Crippen LogP contribution in [0.4, 0.5) is 0 Å². The van der Waals surface area contributed by atoms with E-state index in [9.17, 15) is 0 Å². The quantitative estimate of drug-likeness (QED) is 0.721. The number of fused-ring (bicyclic) bond motifs is 1. The smallest absolute Gasteiger partial charge is 0.135 e. The highest BCUT2D eigenvalue weighted by Crippen LogP contribution is 2.12. The zero-order chi connectivity index (χ0) is 9.97. The number of rotatable bonds is 3. The molecule has 1 unspecified atom stereocenters. The number of nitrogens with two attached hydrogens (primary N) is 1. The summed E-state index contributed by atoms with van der Waals surface area (Å²) >= 11 is 0. The molecule has 2 aromatic rings. The maximum absolute atomic E-state index is 8.80. The third-order valence-corrected chi connectivity index (χ3v) is 2.05. The predicted molar refractivity (Wildman–Crippen MR) is 50.6 cm³/mol. The molecular weight excluding hydrogens is 182 g/mol. The van der Waals surface area contributed by atoms with Crippen LogP contribution in [-0.2, 0) is 6.42 Å². The first kappa shape index (κ1) is 9.11. The monoisotopic (exact) mass is 193 g/mol. The summed E-state index contributed by atoms with van der Waals surface area (Å²) < 4.78 is 4.57. The molecule has 0 aliphatic heterocycles. The van der Waals surface area contributed by atoms with Gasteiger partial charge in [-0.2, -0.15) is 0 Å². The van der Waals surface area contributed by atoms with Gasteiger partial charge in [-0.05, 0) is 34.4 Å². The normalized spacial score (nSPS) is 13.3. The van der Waals surface area contributed by atoms with Gasteiger partial charge in [-0.25, -0.2) is 4.63 Å². The van der Waals surface area contributed by atoms with Gasteiger partial charge in [-0.1, -0.05) is 6.07 Å². The van der Waals surface area contributed by atoms with Gasteiger partial charge >= 0.3 is 0 Å². The lowest BCUT2D eigenvalue weighted by Gasteiger charge is -2.06. The Morgan fingerprint density at radius 2 is 2.14 bits per heavy atom. The van der Waals surface area contributed by atoms with Gasteiger partial charge in [0.05, 0.1) is 6.61 Å². The van der Waals surface area contributed by atoms with Gasteiger partial charge in [0.25, 0.3) is 0 Å². The Morgan fingerprint density at radius 3 is 2.93 bits per heavy atom. The molecule has 1 atom stereocenters. The molecule has 74 valence electrons. The molecule has 0 fully saturated rings. The van der Waals surface area contributed by atoms with Crippen molar-refractivity contribution < 1.29 is 9.74 Å². The van der Waals surface area contributed by atoms with E-state index >= 15 is 0 Å². The van der Waals surface area contributed by atoms with E-state index < -0.39 is 0 Å². The van der Waals surface area contributed by atoms with Crippen LogP contribution >= 0.6 is 0 Å². The lowest BCUT2D eigenvalue weighted by atomic mass is 10.1. The Hall–Kier alpha value is -1.46. The topological polar surface area (TPSA) is 85.2 Å². The molecule has 5 nitrogen and oxygen atoms in total. The number of aromatic nitrogens is 2. The van der Waals surface area contributed by atoms with Crippen molar-refractivity contribution in [3.8, 4) is 0 Å². The number of aliphatic hydroxyl groups excluding tert-OH is 1. The van der Waals surface area contributed by atoms with Crippen LogP contribution in [0.15, 0.2) is 22.8 Å². The molecule has 2 rings (SSSR count). The van der Waals surface area contributed by atoms with E-state index in [4.69, 9.17) is 10.8 Å². The van der Waals surface area contributed by atoms with Gasteiger partial charge in [-0.15, -0.1) is 0 Å². The Labute approximate surface area is 80.5 Å². The number of benzene rings is 1. The van der Waals surface area contributed by atoms with Gasteiger partial charge in [0.1, 0.15) is 11.0 Å². The summed E-state index contributed by atoms with van der Waals surface area (Å²) in [6.45, 7) is -0.0187. The molecule has 0 radical (unpaired) electrons. The summed E-state index contributed by atoms with van der Waals surface area (Å²) in [4.78, 5) is 0. The largest absolute Gasteiger partial charge is 0.395 e. The fourth-order valence-electron chi connectivity index (χ4n) is 1.32. The van der Waals surface area contributed by atoms with E-state index in [1.807, 2.05) is 18.2 Å². The van der Waals surface area contributed by atoms with E-state index in [1.54, 1.807) is 0 Å². The number of hydrogen-bond acceptors (Lipinski definition) is 5. The van der Waals surface area contributed by atoms with Gasteiger partial charge in [-0.3, -0.25) is 0 Å². The molecule has 0 saturated carbocycles. The highest BCUT2D eigenvalue weighted by atomic mass is 16.6. The van der Waals surface area contributed by atoms with Gasteiger partial charge in [0.2, 0.25) is 0 Å². The van der Waals surface area contributed by atoms with Crippen LogP contribution in [0.25, 0.3) is 11.0 Å². The predicted octanol–water partition coefficient (Wildman–Crippen LogP) is 0.0849. The first-order valence-corrected chi connectivity index (χ1v) is 4.37. The van der Waals surface area contributed by atoms with Crippen LogP contribution in [0.5, 0.6) is 0 Å². The second-order valence-corrected chi connectivity index (χ2v) is 3.23. The van der Waals surface area contributed by atoms with E-state index in [2.05, 4.69) is 14.9 Å². The molecular formula is C9H11N3O2. The van der Waals surface area contributed by atoms with Crippen LogP contribution in [0.3, 0.4) is 0 Å². The second kappa shape index (κ2) is 3.73. The van der Waals surface area contributed by atoms with Crippen LogP contribution in [0.1, 0.15) is 5.56 Å². The minimum atomic E-state index is -0.229. The molecule has 0 aliphatic rings. The summed E-state index contributed by atoms with van der Waals surface area (Å²) in [7, 11) is 0. The Bertz CT molecular complexity index is 427. The number of hydrogen-bond donors (Lipinski definition) is 2. The molecule has 3 N–H and O–H groups in total. The third-order valence-electron chi connectivity index (χ3n) is 2.05. The summed E-state index contributed by atoms with van der Waals surface area (Å²) in [5.74, 6) is 0. The first-order valence-electron chi connectivity index (χ1n) is 4.37. The van der Waals surface area contributed by atoms with Crippen molar-refractivity contribution in [2.24, 2.45) is 5.73 Å². The summed E-state index contributed by atoms with van der Waals surface area (Å²) in [5, 5.41) is 16.2. The molecule has 1 aromatic carbocycles.